The number of halogens is 2. The fourth-order valence-corrected chi connectivity index (χ4v) is 1.62. The molecule has 1 fully saturated rings. The zero-order chi connectivity index (χ0) is 11.3. The summed E-state index contributed by atoms with van der Waals surface area (Å²) >= 11 is 0. The topological polar surface area (TPSA) is 48.1 Å². The quantitative estimate of drug-likeness (QED) is 0.813. The van der Waals surface area contributed by atoms with Crippen LogP contribution in [-0.4, -0.2) is 18.0 Å². The molecule has 2 N–H and O–H groups in total. The van der Waals surface area contributed by atoms with Crippen molar-refractivity contribution in [1.29, 1.82) is 0 Å². The number of rotatable bonds is 2. The monoisotopic (exact) mass is 214 g/mol. The summed E-state index contributed by atoms with van der Waals surface area (Å²) in [6.45, 7) is 1.72. The molecule has 0 aliphatic heterocycles. The molecule has 1 atom stereocenters. The van der Waals surface area contributed by atoms with Gasteiger partial charge in [-0.1, -0.05) is 0 Å². The van der Waals surface area contributed by atoms with Gasteiger partial charge in [-0.2, -0.15) is 0 Å². The lowest BCUT2D eigenvalue weighted by atomic mass is 10.1. The number of methoxy groups -OCH3 is 1. The fraction of sp³-hybridized carbons (Fsp3) is 0.500. The highest BCUT2D eigenvalue weighted by Gasteiger charge is 2.70. The summed E-state index contributed by atoms with van der Waals surface area (Å²) in [5.74, 6) is -2.50. The highest BCUT2D eigenvalue weighted by molar-refractivity contribution is 5.39. The van der Waals surface area contributed by atoms with E-state index in [4.69, 9.17) is 10.5 Å². The number of pyridine rings is 1. The van der Waals surface area contributed by atoms with Crippen LogP contribution in [0.15, 0.2) is 12.1 Å². The van der Waals surface area contributed by atoms with E-state index >= 15 is 0 Å². The Morgan fingerprint density at radius 2 is 2.07 bits per heavy atom. The van der Waals surface area contributed by atoms with Crippen molar-refractivity contribution in [2.24, 2.45) is 5.73 Å². The molecule has 1 aromatic rings. The number of aryl methyl sites for hydroxylation is 1. The number of alkyl halides is 2. The van der Waals surface area contributed by atoms with Crippen LogP contribution in [-0.2, 0) is 5.54 Å². The molecular formula is C10H12F2N2O. The minimum atomic E-state index is -2.81. The maximum atomic E-state index is 13.0. The summed E-state index contributed by atoms with van der Waals surface area (Å²) in [6.07, 6.45) is -0.313. The molecule has 0 bridgehead atoms. The van der Waals surface area contributed by atoms with Crippen LogP contribution in [0.4, 0.5) is 8.78 Å². The van der Waals surface area contributed by atoms with Crippen LogP contribution in [0.25, 0.3) is 0 Å². The zero-order valence-electron chi connectivity index (χ0n) is 8.55. The van der Waals surface area contributed by atoms with Crippen molar-refractivity contribution in [2.75, 3.05) is 7.11 Å². The number of aromatic nitrogens is 1. The third-order valence-corrected chi connectivity index (χ3v) is 2.68. The van der Waals surface area contributed by atoms with Gasteiger partial charge in [0.15, 0.2) is 0 Å². The molecule has 82 valence electrons. The third-order valence-electron chi connectivity index (χ3n) is 2.68. The SMILES string of the molecule is COc1cc(C2(N)CC2(F)F)cc(C)n1. The van der Waals surface area contributed by atoms with Crippen LogP contribution in [0, 0.1) is 6.92 Å². The van der Waals surface area contributed by atoms with E-state index in [2.05, 4.69) is 4.98 Å². The molecule has 1 unspecified atom stereocenters. The van der Waals surface area contributed by atoms with Crippen LogP contribution < -0.4 is 10.5 Å². The van der Waals surface area contributed by atoms with Crippen molar-refractivity contribution in [3.63, 3.8) is 0 Å². The summed E-state index contributed by atoms with van der Waals surface area (Å²) < 4.78 is 31.0. The molecule has 0 spiro atoms. The Hall–Kier alpha value is -1.23. The van der Waals surface area contributed by atoms with Crippen LogP contribution >= 0.6 is 0 Å². The smallest absolute Gasteiger partial charge is 0.272 e. The Bertz CT molecular complexity index is 408. The molecule has 0 aromatic carbocycles. The van der Waals surface area contributed by atoms with Gasteiger partial charge >= 0.3 is 0 Å². The molecule has 3 nitrogen and oxygen atoms in total. The van der Waals surface area contributed by atoms with Crippen molar-refractivity contribution < 1.29 is 13.5 Å². The minimum Gasteiger partial charge on any atom is -0.481 e. The van der Waals surface area contributed by atoms with Gasteiger partial charge in [0.05, 0.1) is 7.11 Å². The van der Waals surface area contributed by atoms with E-state index in [0.29, 0.717) is 17.1 Å². The number of hydrogen-bond acceptors (Lipinski definition) is 3. The Morgan fingerprint density at radius 1 is 1.47 bits per heavy atom. The van der Waals surface area contributed by atoms with Gasteiger partial charge < -0.3 is 10.5 Å². The van der Waals surface area contributed by atoms with Crippen LogP contribution in [0.5, 0.6) is 5.88 Å². The standard InChI is InChI=1S/C10H12F2N2O/c1-6-3-7(4-8(14-6)15-2)9(13)5-10(9,11)12/h3-4H,5,13H2,1-2H3. The summed E-state index contributed by atoms with van der Waals surface area (Å²) in [6, 6.07) is 3.04. The second-order valence-corrected chi connectivity index (χ2v) is 3.89. The van der Waals surface area contributed by atoms with Gasteiger partial charge in [-0.25, -0.2) is 13.8 Å². The Morgan fingerprint density at radius 3 is 2.53 bits per heavy atom. The van der Waals surface area contributed by atoms with Crippen molar-refractivity contribution in [3.05, 3.63) is 23.4 Å². The minimum absolute atomic E-state index is 0.313. The van der Waals surface area contributed by atoms with E-state index in [1.807, 2.05) is 0 Å². The molecule has 0 amide bonds. The zero-order valence-corrected chi connectivity index (χ0v) is 8.55. The predicted octanol–water partition coefficient (Wildman–Crippen LogP) is 1.59. The first-order valence-corrected chi connectivity index (χ1v) is 4.59. The highest BCUT2D eigenvalue weighted by atomic mass is 19.3. The summed E-state index contributed by atoms with van der Waals surface area (Å²) in [5, 5.41) is 0. The largest absolute Gasteiger partial charge is 0.481 e. The Kier molecular flexibility index (Phi) is 1.98. The molecule has 1 heterocycles. The third kappa shape index (κ3) is 1.47. The number of ether oxygens (including phenoxy) is 1. The first kappa shape index (κ1) is 10.3. The van der Waals surface area contributed by atoms with E-state index in [1.54, 1.807) is 13.0 Å². The molecule has 1 saturated carbocycles. The average Bonchev–Trinajstić information content (AvgIpc) is 2.66. The van der Waals surface area contributed by atoms with Gasteiger partial charge in [-0.15, -0.1) is 0 Å². The molecule has 2 rings (SSSR count). The maximum Gasteiger partial charge on any atom is 0.272 e. The van der Waals surface area contributed by atoms with Crippen molar-refractivity contribution >= 4 is 0 Å². The van der Waals surface area contributed by atoms with Gasteiger partial charge in [0.2, 0.25) is 5.88 Å². The van der Waals surface area contributed by atoms with E-state index in [1.165, 1.54) is 13.2 Å². The van der Waals surface area contributed by atoms with Gasteiger partial charge in [0, 0.05) is 18.2 Å². The number of nitrogens with zero attached hydrogens (tertiary/aromatic N) is 1. The molecule has 5 heteroatoms. The Labute approximate surface area is 86.3 Å². The van der Waals surface area contributed by atoms with Crippen LogP contribution in [0.1, 0.15) is 17.7 Å². The van der Waals surface area contributed by atoms with E-state index < -0.39 is 11.5 Å². The summed E-state index contributed by atoms with van der Waals surface area (Å²) in [4.78, 5) is 4.02. The van der Waals surface area contributed by atoms with Crippen molar-refractivity contribution in [2.45, 2.75) is 24.8 Å². The molecule has 15 heavy (non-hydrogen) atoms. The van der Waals surface area contributed by atoms with Gasteiger partial charge in [-0.3, -0.25) is 0 Å². The normalized spacial score (nSPS) is 27.5. The maximum absolute atomic E-state index is 13.0. The second-order valence-electron chi connectivity index (χ2n) is 3.89. The number of nitrogens with two attached hydrogens (primary N) is 1. The van der Waals surface area contributed by atoms with Crippen molar-refractivity contribution in [1.82, 2.24) is 4.98 Å². The summed E-state index contributed by atoms with van der Waals surface area (Å²) in [7, 11) is 1.44. The Balaban J connectivity index is 2.42. The second kappa shape index (κ2) is 2.88. The van der Waals surface area contributed by atoms with Gasteiger partial charge in [0.1, 0.15) is 5.54 Å². The number of hydrogen-bond donors (Lipinski definition) is 1. The average molecular weight is 214 g/mol. The van der Waals surface area contributed by atoms with Gasteiger partial charge in [-0.05, 0) is 18.6 Å². The lowest BCUT2D eigenvalue weighted by molar-refractivity contribution is 0.0890. The van der Waals surface area contributed by atoms with E-state index in [9.17, 15) is 8.78 Å². The van der Waals surface area contributed by atoms with Crippen molar-refractivity contribution in [3.8, 4) is 5.88 Å². The summed E-state index contributed by atoms with van der Waals surface area (Å²) in [5.41, 5.74) is 5.08. The highest BCUT2D eigenvalue weighted by Crippen LogP contribution is 2.57. The molecule has 1 aliphatic carbocycles. The molecule has 1 aliphatic rings. The first-order chi connectivity index (χ1) is 6.89. The van der Waals surface area contributed by atoms with Gasteiger partial charge in [0.25, 0.3) is 5.92 Å². The molecular weight excluding hydrogens is 202 g/mol. The fourth-order valence-electron chi connectivity index (χ4n) is 1.62. The van der Waals surface area contributed by atoms with Crippen LogP contribution in [0.2, 0.25) is 0 Å². The first-order valence-electron chi connectivity index (χ1n) is 4.59. The lowest BCUT2D eigenvalue weighted by Crippen LogP contribution is -2.27. The predicted molar refractivity (Wildman–Crippen MR) is 51.0 cm³/mol. The van der Waals surface area contributed by atoms with E-state index in [0.717, 1.165) is 0 Å². The van der Waals surface area contributed by atoms with E-state index in [-0.39, 0.29) is 6.42 Å². The molecule has 0 saturated heterocycles. The molecule has 1 aromatic heterocycles. The lowest BCUT2D eigenvalue weighted by Gasteiger charge is -2.12. The van der Waals surface area contributed by atoms with Crippen LogP contribution in [0.3, 0.4) is 0 Å². The molecule has 0 radical (unpaired) electrons.